The van der Waals surface area contributed by atoms with E-state index in [1.54, 1.807) is 6.20 Å². The SMILES string of the molecule is CC(=O)NCCCn1cc2c(n1)c(N)nc1cc(-c3ccn[nH]3)ccc12. The van der Waals surface area contributed by atoms with Gasteiger partial charge in [-0.25, -0.2) is 4.98 Å². The molecular formula is C18H19N7O. The second-order valence-corrected chi connectivity index (χ2v) is 6.19. The number of amides is 1. The van der Waals surface area contributed by atoms with E-state index in [-0.39, 0.29) is 5.91 Å². The van der Waals surface area contributed by atoms with E-state index in [4.69, 9.17) is 5.73 Å². The van der Waals surface area contributed by atoms with Crippen LogP contribution in [0.25, 0.3) is 33.1 Å². The van der Waals surface area contributed by atoms with Crippen LogP contribution in [0.15, 0.2) is 36.7 Å². The Morgan fingerprint density at radius 2 is 2.19 bits per heavy atom. The van der Waals surface area contributed by atoms with Crippen LogP contribution < -0.4 is 11.1 Å². The first-order chi connectivity index (χ1) is 12.6. The molecule has 3 heterocycles. The molecule has 3 aromatic heterocycles. The summed E-state index contributed by atoms with van der Waals surface area (Å²) < 4.78 is 1.85. The molecule has 8 heteroatoms. The number of benzene rings is 1. The van der Waals surface area contributed by atoms with E-state index in [0.717, 1.165) is 34.0 Å². The highest BCUT2D eigenvalue weighted by atomic mass is 16.1. The molecule has 0 bridgehead atoms. The van der Waals surface area contributed by atoms with Crippen LogP contribution in [0, 0.1) is 0 Å². The van der Waals surface area contributed by atoms with Crippen molar-refractivity contribution in [1.82, 2.24) is 30.3 Å². The van der Waals surface area contributed by atoms with Gasteiger partial charge in [0.15, 0.2) is 5.82 Å². The zero-order chi connectivity index (χ0) is 18.1. The smallest absolute Gasteiger partial charge is 0.216 e. The number of anilines is 1. The van der Waals surface area contributed by atoms with Gasteiger partial charge in [0.05, 0.1) is 11.2 Å². The lowest BCUT2D eigenvalue weighted by molar-refractivity contribution is -0.118. The van der Waals surface area contributed by atoms with Gasteiger partial charge in [-0.15, -0.1) is 0 Å². The zero-order valence-electron chi connectivity index (χ0n) is 14.4. The van der Waals surface area contributed by atoms with Crippen LogP contribution in [-0.2, 0) is 11.3 Å². The topological polar surface area (TPSA) is 115 Å². The normalized spacial score (nSPS) is 11.3. The lowest BCUT2D eigenvalue weighted by atomic mass is 10.1. The summed E-state index contributed by atoms with van der Waals surface area (Å²) in [4.78, 5) is 15.5. The molecule has 132 valence electrons. The van der Waals surface area contributed by atoms with Crippen LogP contribution in [0.4, 0.5) is 5.82 Å². The van der Waals surface area contributed by atoms with Crippen molar-refractivity contribution in [2.45, 2.75) is 19.9 Å². The summed E-state index contributed by atoms with van der Waals surface area (Å²) >= 11 is 0. The van der Waals surface area contributed by atoms with Crippen LogP contribution >= 0.6 is 0 Å². The number of nitrogens with one attached hydrogen (secondary N) is 2. The van der Waals surface area contributed by atoms with E-state index >= 15 is 0 Å². The number of pyridine rings is 1. The molecule has 0 aliphatic rings. The molecule has 0 radical (unpaired) electrons. The summed E-state index contributed by atoms with van der Waals surface area (Å²) in [6.45, 7) is 2.83. The standard InChI is InChI=1S/C18H19N7O/c1-11(26)20-6-2-8-25-10-14-13-4-3-12(15-5-7-21-23-15)9-16(13)22-18(19)17(14)24-25/h3-5,7,9-10H,2,6,8H2,1H3,(H2,19,22)(H,20,26)(H,21,23). The molecule has 0 aliphatic heterocycles. The van der Waals surface area contributed by atoms with Crippen molar-refractivity contribution in [3.63, 3.8) is 0 Å². The average molecular weight is 349 g/mol. The van der Waals surface area contributed by atoms with Crippen LogP contribution in [-0.4, -0.2) is 37.4 Å². The number of hydrogen-bond donors (Lipinski definition) is 3. The molecule has 4 rings (SSSR count). The fourth-order valence-corrected chi connectivity index (χ4v) is 3.05. The van der Waals surface area contributed by atoms with Crippen molar-refractivity contribution in [2.24, 2.45) is 0 Å². The van der Waals surface area contributed by atoms with E-state index < -0.39 is 0 Å². The van der Waals surface area contributed by atoms with E-state index in [2.05, 4.69) is 25.6 Å². The van der Waals surface area contributed by atoms with Crippen LogP contribution in [0.1, 0.15) is 13.3 Å². The van der Waals surface area contributed by atoms with E-state index in [0.29, 0.717) is 24.4 Å². The number of nitrogens with two attached hydrogens (primary N) is 1. The molecule has 0 unspecified atom stereocenters. The number of H-pyrrole nitrogens is 1. The lowest BCUT2D eigenvalue weighted by Crippen LogP contribution is -2.22. The van der Waals surface area contributed by atoms with Crippen molar-refractivity contribution >= 4 is 33.5 Å². The summed E-state index contributed by atoms with van der Waals surface area (Å²) in [7, 11) is 0. The van der Waals surface area contributed by atoms with Crippen molar-refractivity contribution in [2.75, 3.05) is 12.3 Å². The first kappa shape index (κ1) is 16.1. The number of carbonyl (C=O) groups is 1. The minimum absolute atomic E-state index is 0.0249. The number of hydrogen-bond acceptors (Lipinski definition) is 5. The number of carbonyl (C=O) groups excluding carboxylic acids is 1. The van der Waals surface area contributed by atoms with Gasteiger partial charge in [0.1, 0.15) is 5.52 Å². The number of aromatic amines is 1. The molecule has 8 nitrogen and oxygen atoms in total. The minimum Gasteiger partial charge on any atom is -0.382 e. The fourth-order valence-electron chi connectivity index (χ4n) is 3.05. The minimum atomic E-state index is -0.0249. The molecule has 0 spiro atoms. The van der Waals surface area contributed by atoms with E-state index in [1.807, 2.05) is 35.1 Å². The predicted octanol–water partition coefficient (Wildman–Crippen LogP) is 2.08. The predicted molar refractivity (Wildman–Crippen MR) is 100 cm³/mol. The van der Waals surface area contributed by atoms with Crippen molar-refractivity contribution < 1.29 is 4.79 Å². The zero-order valence-corrected chi connectivity index (χ0v) is 14.4. The Bertz CT molecular complexity index is 1080. The van der Waals surface area contributed by atoms with Crippen molar-refractivity contribution in [3.05, 3.63) is 36.7 Å². The lowest BCUT2D eigenvalue weighted by Gasteiger charge is -2.03. The third-order valence-electron chi connectivity index (χ3n) is 4.28. The maximum Gasteiger partial charge on any atom is 0.216 e. The Morgan fingerprint density at radius 1 is 1.31 bits per heavy atom. The highest BCUT2D eigenvalue weighted by molar-refractivity contribution is 6.08. The molecule has 0 fully saturated rings. The molecule has 0 atom stereocenters. The number of aromatic nitrogens is 5. The number of nitrogen functional groups attached to an aromatic ring is 1. The second-order valence-electron chi connectivity index (χ2n) is 6.19. The maximum atomic E-state index is 10.9. The molecular weight excluding hydrogens is 330 g/mol. The highest BCUT2D eigenvalue weighted by Crippen LogP contribution is 2.29. The molecule has 0 saturated carbocycles. The van der Waals surface area contributed by atoms with Gasteiger partial charge in [-0.3, -0.25) is 14.6 Å². The summed E-state index contributed by atoms with van der Waals surface area (Å²) in [5.74, 6) is 0.387. The number of aryl methyl sites for hydroxylation is 1. The number of nitrogens with zero attached hydrogens (tertiary/aromatic N) is 4. The Morgan fingerprint density at radius 3 is 2.96 bits per heavy atom. The second kappa shape index (κ2) is 6.47. The molecule has 0 aliphatic carbocycles. The first-order valence-corrected chi connectivity index (χ1v) is 8.42. The van der Waals surface area contributed by atoms with Crippen molar-refractivity contribution in [1.29, 1.82) is 0 Å². The first-order valence-electron chi connectivity index (χ1n) is 8.42. The van der Waals surface area contributed by atoms with Gasteiger partial charge in [0.25, 0.3) is 0 Å². The third-order valence-corrected chi connectivity index (χ3v) is 4.28. The number of fused-ring (bicyclic) bond motifs is 3. The average Bonchev–Trinajstić information content (AvgIpc) is 3.28. The Kier molecular flexibility index (Phi) is 4.00. The molecule has 1 aromatic carbocycles. The Labute approximate surface area is 149 Å². The number of rotatable bonds is 5. The highest BCUT2D eigenvalue weighted by Gasteiger charge is 2.12. The monoisotopic (exact) mass is 349 g/mol. The van der Waals surface area contributed by atoms with Crippen LogP contribution in [0.5, 0.6) is 0 Å². The molecule has 1 amide bonds. The van der Waals surface area contributed by atoms with Crippen LogP contribution in [0.3, 0.4) is 0 Å². The van der Waals surface area contributed by atoms with Gasteiger partial charge < -0.3 is 11.1 Å². The van der Waals surface area contributed by atoms with Gasteiger partial charge in [0, 0.05) is 48.7 Å². The largest absolute Gasteiger partial charge is 0.382 e. The molecule has 26 heavy (non-hydrogen) atoms. The Hall–Kier alpha value is -3.42. The fraction of sp³-hybridized carbons (Fsp3) is 0.222. The van der Waals surface area contributed by atoms with E-state index in [1.165, 1.54) is 6.92 Å². The maximum absolute atomic E-state index is 10.9. The summed E-state index contributed by atoms with van der Waals surface area (Å²) in [5, 5.41) is 16.3. The molecule has 4 aromatic rings. The summed E-state index contributed by atoms with van der Waals surface area (Å²) in [6, 6.07) is 7.97. The molecule has 0 saturated heterocycles. The van der Waals surface area contributed by atoms with Gasteiger partial charge in [-0.1, -0.05) is 12.1 Å². The third kappa shape index (κ3) is 2.97. The van der Waals surface area contributed by atoms with Crippen molar-refractivity contribution in [3.8, 4) is 11.3 Å². The van der Waals surface area contributed by atoms with Gasteiger partial charge >= 0.3 is 0 Å². The summed E-state index contributed by atoms with van der Waals surface area (Å²) in [5.41, 5.74) is 9.59. The van der Waals surface area contributed by atoms with E-state index in [9.17, 15) is 4.79 Å². The molecule has 4 N–H and O–H groups in total. The van der Waals surface area contributed by atoms with Crippen LogP contribution in [0.2, 0.25) is 0 Å². The quantitative estimate of drug-likeness (QED) is 0.477. The Balaban J connectivity index is 1.69. The van der Waals surface area contributed by atoms with Gasteiger partial charge in [-0.05, 0) is 18.6 Å². The summed E-state index contributed by atoms with van der Waals surface area (Å²) in [6.07, 6.45) is 4.50. The van der Waals surface area contributed by atoms with Gasteiger partial charge in [0.2, 0.25) is 5.91 Å². The van der Waals surface area contributed by atoms with Gasteiger partial charge in [-0.2, -0.15) is 10.2 Å².